The molecule has 0 unspecified atom stereocenters. The highest BCUT2D eigenvalue weighted by Crippen LogP contribution is 2.21. The molecule has 0 radical (unpaired) electrons. The monoisotopic (exact) mass is 490 g/mol. The average molecular weight is 491 g/mol. The summed E-state index contributed by atoms with van der Waals surface area (Å²) < 4.78 is 4.58. The molecule has 0 aliphatic carbocycles. The van der Waals surface area contributed by atoms with Crippen LogP contribution in [-0.2, 0) is 6.54 Å². The van der Waals surface area contributed by atoms with Gasteiger partial charge in [0.15, 0.2) is 0 Å². The molecule has 6 heteroatoms. The molecule has 0 aliphatic heterocycles. The van der Waals surface area contributed by atoms with Gasteiger partial charge in [0.2, 0.25) is 0 Å². The lowest BCUT2D eigenvalue weighted by Gasteiger charge is -2.14. The van der Waals surface area contributed by atoms with Gasteiger partial charge in [-0.3, -0.25) is 4.79 Å². The summed E-state index contributed by atoms with van der Waals surface area (Å²) in [6.07, 6.45) is 2.65. The molecule has 0 amide bonds. The molecule has 2 heterocycles. The van der Waals surface area contributed by atoms with Crippen LogP contribution in [-0.4, -0.2) is 20.4 Å². The maximum Gasteiger partial charge on any atom is 0.282 e. The first kappa shape index (κ1) is 22.2. The molecule has 0 saturated heterocycles. The Labute approximate surface area is 196 Å². The normalized spacial score (nSPS) is 12.7. The Morgan fingerprint density at radius 1 is 1.12 bits per heavy atom. The van der Waals surface area contributed by atoms with Crippen molar-refractivity contribution in [1.29, 1.82) is 0 Å². The van der Waals surface area contributed by atoms with Crippen molar-refractivity contribution in [2.75, 3.05) is 0 Å². The molecule has 32 heavy (non-hydrogen) atoms. The summed E-state index contributed by atoms with van der Waals surface area (Å²) in [7, 11) is 0. The van der Waals surface area contributed by atoms with Crippen LogP contribution in [0.3, 0.4) is 0 Å². The second-order valence-corrected chi connectivity index (χ2v) is 9.12. The van der Waals surface area contributed by atoms with Crippen LogP contribution < -0.4 is 5.56 Å². The summed E-state index contributed by atoms with van der Waals surface area (Å²) in [5.41, 5.74) is 5.06. The van der Waals surface area contributed by atoms with Gasteiger partial charge in [-0.2, -0.15) is 9.78 Å². The molecule has 0 saturated carbocycles. The number of aryl methyl sites for hydroxylation is 1. The number of fused-ring (bicyclic) bond motifs is 1. The van der Waals surface area contributed by atoms with Gasteiger partial charge in [0, 0.05) is 33.9 Å². The molecule has 164 valence electrons. The molecular formula is C26H27BrN4O. The fourth-order valence-electron chi connectivity index (χ4n) is 3.87. The van der Waals surface area contributed by atoms with Crippen LogP contribution in [0.5, 0.6) is 0 Å². The molecule has 4 rings (SSSR count). The maximum absolute atomic E-state index is 13.3. The third kappa shape index (κ3) is 4.32. The smallest absolute Gasteiger partial charge is 0.282 e. The zero-order chi connectivity index (χ0) is 22.8. The highest BCUT2D eigenvalue weighted by atomic mass is 79.9. The van der Waals surface area contributed by atoms with Crippen molar-refractivity contribution in [1.82, 2.24) is 14.2 Å². The Kier molecular flexibility index (Phi) is 6.42. The molecule has 0 N–H and O–H groups in total. The predicted molar refractivity (Wildman–Crippen MR) is 135 cm³/mol. The first-order valence-electron chi connectivity index (χ1n) is 10.9. The van der Waals surface area contributed by atoms with Crippen molar-refractivity contribution in [3.8, 4) is 0 Å². The quantitative estimate of drug-likeness (QED) is 0.310. The van der Waals surface area contributed by atoms with Gasteiger partial charge in [0.05, 0.1) is 17.1 Å². The second-order valence-electron chi connectivity index (χ2n) is 8.20. The molecule has 0 aliphatic rings. The predicted octanol–water partition coefficient (Wildman–Crippen LogP) is 6.02. The topological polar surface area (TPSA) is 52.2 Å². The zero-order valence-electron chi connectivity index (χ0n) is 18.8. The summed E-state index contributed by atoms with van der Waals surface area (Å²) in [6, 6.07) is 18.1. The molecule has 0 fully saturated rings. The molecule has 2 aromatic carbocycles. The van der Waals surface area contributed by atoms with Gasteiger partial charge in [0.1, 0.15) is 5.82 Å². The fourth-order valence-corrected chi connectivity index (χ4v) is 4.23. The molecule has 5 nitrogen and oxygen atoms in total. The second kappa shape index (κ2) is 9.25. The van der Waals surface area contributed by atoms with Crippen molar-refractivity contribution < 1.29 is 0 Å². The zero-order valence-corrected chi connectivity index (χ0v) is 20.4. The molecule has 2 aromatic heterocycles. The van der Waals surface area contributed by atoms with Crippen molar-refractivity contribution in [3.05, 3.63) is 97.8 Å². The van der Waals surface area contributed by atoms with E-state index in [-0.39, 0.29) is 11.5 Å². The minimum Gasteiger partial charge on any atom is -0.344 e. The van der Waals surface area contributed by atoms with Gasteiger partial charge in [-0.1, -0.05) is 60.1 Å². The summed E-state index contributed by atoms with van der Waals surface area (Å²) >= 11 is 3.46. The van der Waals surface area contributed by atoms with Crippen molar-refractivity contribution in [3.63, 3.8) is 0 Å². The molecule has 0 spiro atoms. The standard InChI is InChI=1S/C26H27BrN4O/c1-5-17(2)25-29-24-12-11-22(27)14-23(24)26(32)31(25)28-15-21-13-18(3)30(19(21)4)16-20-9-7-6-8-10-20/h6-15,17H,5,16H2,1-4H3/t17-/m1/s1. The van der Waals surface area contributed by atoms with Crippen molar-refractivity contribution >= 4 is 33.0 Å². The summed E-state index contributed by atoms with van der Waals surface area (Å²) in [5, 5.41) is 5.19. The van der Waals surface area contributed by atoms with Crippen LogP contribution in [0.4, 0.5) is 0 Å². The number of benzene rings is 2. The van der Waals surface area contributed by atoms with E-state index >= 15 is 0 Å². The van der Waals surface area contributed by atoms with E-state index in [1.807, 2.05) is 24.3 Å². The van der Waals surface area contributed by atoms with Gasteiger partial charge in [0.25, 0.3) is 5.56 Å². The molecule has 1 atom stereocenters. The summed E-state index contributed by atoms with van der Waals surface area (Å²) in [6.45, 7) is 9.15. The van der Waals surface area contributed by atoms with Crippen molar-refractivity contribution in [2.45, 2.75) is 46.6 Å². The molecule has 4 aromatic rings. The lowest BCUT2D eigenvalue weighted by Crippen LogP contribution is -2.23. The van der Waals surface area contributed by atoms with Crippen LogP contribution >= 0.6 is 15.9 Å². The Balaban J connectivity index is 1.78. The largest absolute Gasteiger partial charge is 0.344 e. The van der Waals surface area contributed by atoms with E-state index in [9.17, 15) is 4.79 Å². The Bertz CT molecular complexity index is 1350. The number of rotatable bonds is 6. The third-order valence-corrected chi connectivity index (χ3v) is 6.49. The highest BCUT2D eigenvalue weighted by molar-refractivity contribution is 9.10. The van der Waals surface area contributed by atoms with E-state index in [2.05, 4.69) is 83.6 Å². The lowest BCUT2D eigenvalue weighted by atomic mass is 10.1. The summed E-state index contributed by atoms with van der Waals surface area (Å²) in [5.74, 6) is 0.792. The minimum absolute atomic E-state index is 0.110. The third-order valence-electron chi connectivity index (χ3n) is 6.00. The van der Waals surface area contributed by atoms with E-state index in [1.54, 1.807) is 6.21 Å². The van der Waals surface area contributed by atoms with E-state index in [4.69, 9.17) is 4.98 Å². The Hall–Kier alpha value is -2.99. The van der Waals surface area contributed by atoms with Crippen LogP contribution in [0.25, 0.3) is 10.9 Å². The average Bonchev–Trinajstić information content (AvgIpc) is 3.06. The van der Waals surface area contributed by atoms with E-state index in [1.165, 1.54) is 10.2 Å². The van der Waals surface area contributed by atoms with E-state index in [0.29, 0.717) is 16.7 Å². The number of halogens is 1. The SMILES string of the molecule is CC[C@@H](C)c1nc2ccc(Br)cc2c(=O)n1N=Cc1cc(C)n(Cc2ccccc2)c1C. The van der Waals surface area contributed by atoms with Gasteiger partial charge < -0.3 is 4.57 Å². The number of hydrogen-bond donors (Lipinski definition) is 0. The number of hydrogen-bond acceptors (Lipinski definition) is 3. The van der Waals surface area contributed by atoms with Crippen LogP contribution in [0, 0.1) is 13.8 Å². The van der Waals surface area contributed by atoms with Gasteiger partial charge >= 0.3 is 0 Å². The van der Waals surface area contributed by atoms with Crippen molar-refractivity contribution in [2.24, 2.45) is 5.10 Å². The maximum atomic E-state index is 13.3. The van der Waals surface area contributed by atoms with Crippen LogP contribution in [0.2, 0.25) is 0 Å². The molecule has 0 bridgehead atoms. The van der Waals surface area contributed by atoms with E-state index < -0.39 is 0 Å². The molecular weight excluding hydrogens is 464 g/mol. The van der Waals surface area contributed by atoms with Gasteiger partial charge in [-0.15, -0.1) is 0 Å². The Morgan fingerprint density at radius 3 is 2.59 bits per heavy atom. The summed E-state index contributed by atoms with van der Waals surface area (Å²) in [4.78, 5) is 18.1. The van der Waals surface area contributed by atoms with Gasteiger partial charge in [-0.05, 0) is 50.1 Å². The number of nitrogens with zero attached hydrogens (tertiary/aromatic N) is 4. The minimum atomic E-state index is -0.152. The highest BCUT2D eigenvalue weighted by Gasteiger charge is 2.16. The first-order valence-corrected chi connectivity index (χ1v) is 11.7. The first-order chi connectivity index (χ1) is 15.4. The van der Waals surface area contributed by atoms with Gasteiger partial charge in [-0.25, -0.2) is 4.98 Å². The Morgan fingerprint density at radius 2 is 1.88 bits per heavy atom. The van der Waals surface area contributed by atoms with E-state index in [0.717, 1.165) is 34.4 Å². The number of aromatic nitrogens is 3. The fraction of sp³-hybridized carbons (Fsp3) is 0.269. The van der Waals surface area contributed by atoms with Crippen LogP contribution in [0.15, 0.2) is 69.0 Å². The lowest BCUT2D eigenvalue weighted by molar-refractivity contribution is 0.613. The van der Waals surface area contributed by atoms with Crippen LogP contribution in [0.1, 0.15) is 54.5 Å².